The fourth-order valence-corrected chi connectivity index (χ4v) is 1.49. The van der Waals surface area contributed by atoms with Gasteiger partial charge < -0.3 is 9.32 Å². The molecule has 0 atom stereocenters. The van der Waals surface area contributed by atoms with Gasteiger partial charge in [0.2, 0.25) is 11.7 Å². The van der Waals surface area contributed by atoms with Crippen LogP contribution in [-0.4, -0.2) is 20.9 Å². The molecule has 0 aromatic carbocycles. The average molecular weight is 296 g/mol. The van der Waals surface area contributed by atoms with E-state index in [2.05, 4.69) is 31.1 Å². The number of pyridine rings is 1. The zero-order chi connectivity index (χ0) is 12.3. The fourth-order valence-electron chi connectivity index (χ4n) is 1.25. The van der Waals surface area contributed by atoms with Crippen LogP contribution in [0.4, 0.5) is 0 Å². The van der Waals surface area contributed by atoms with Crippen LogP contribution in [0.3, 0.4) is 0 Å². The highest BCUT2D eigenvalue weighted by molar-refractivity contribution is 9.10. The molecule has 0 aliphatic rings. The number of halogens is 1. The Hall–Kier alpha value is -1.56. The summed E-state index contributed by atoms with van der Waals surface area (Å²) in [6.45, 7) is 1.54. The van der Waals surface area contributed by atoms with Gasteiger partial charge >= 0.3 is 0 Å². The molecular weight excluding hydrogens is 286 g/mol. The summed E-state index contributed by atoms with van der Waals surface area (Å²) in [4.78, 5) is 19.2. The first-order chi connectivity index (χ1) is 8.15. The summed E-state index contributed by atoms with van der Waals surface area (Å²) in [5.74, 6) is 1.00. The van der Waals surface area contributed by atoms with Crippen molar-refractivity contribution in [2.75, 3.05) is 0 Å². The summed E-state index contributed by atoms with van der Waals surface area (Å²) in [6.07, 6.45) is 2.55. The number of Topliss-reactive ketones (excluding diaryl/α,β-unsaturated/α-hetero) is 1. The highest BCUT2D eigenvalue weighted by Crippen LogP contribution is 2.16. The van der Waals surface area contributed by atoms with Gasteiger partial charge in [-0.1, -0.05) is 5.16 Å². The molecule has 2 heterocycles. The predicted molar refractivity (Wildman–Crippen MR) is 64.2 cm³/mol. The quantitative estimate of drug-likeness (QED) is 0.866. The zero-order valence-electron chi connectivity index (χ0n) is 9.18. The van der Waals surface area contributed by atoms with Crippen molar-refractivity contribution >= 4 is 21.7 Å². The molecule has 0 bridgehead atoms. The van der Waals surface area contributed by atoms with Crippen LogP contribution in [-0.2, 0) is 11.2 Å². The Labute approximate surface area is 106 Å². The number of ketones is 1. The lowest BCUT2D eigenvalue weighted by molar-refractivity contribution is -0.117. The molecule has 2 aromatic rings. The molecule has 0 saturated carbocycles. The molecule has 0 saturated heterocycles. The van der Waals surface area contributed by atoms with Crippen molar-refractivity contribution in [1.82, 2.24) is 15.1 Å². The lowest BCUT2D eigenvalue weighted by Crippen LogP contribution is -1.94. The molecule has 6 heteroatoms. The SMILES string of the molecule is CC(=O)CCc1nc(-c2ccc(Br)cn2)no1. The minimum atomic E-state index is 0.103. The Kier molecular flexibility index (Phi) is 3.63. The minimum Gasteiger partial charge on any atom is -0.339 e. The third-order valence-electron chi connectivity index (χ3n) is 2.12. The molecular formula is C11H10BrN3O2. The second-order valence-corrected chi connectivity index (χ2v) is 4.49. The van der Waals surface area contributed by atoms with Crippen LogP contribution in [0.25, 0.3) is 11.5 Å². The molecule has 0 aliphatic heterocycles. The fraction of sp³-hybridized carbons (Fsp3) is 0.273. The minimum absolute atomic E-state index is 0.103. The predicted octanol–water partition coefficient (Wildman–Crippen LogP) is 2.42. The van der Waals surface area contributed by atoms with Crippen LogP contribution < -0.4 is 0 Å². The van der Waals surface area contributed by atoms with Gasteiger partial charge in [0.15, 0.2) is 0 Å². The van der Waals surface area contributed by atoms with E-state index < -0.39 is 0 Å². The van der Waals surface area contributed by atoms with Gasteiger partial charge in [-0.3, -0.25) is 4.98 Å². The first-order valence-corrected chi connectivity index (χ1v) is 5.88. The average Bonchev–Trinajstić information content (AvgIpc) is 2.76. The maximum absolute atomic E-state index is 10.8. The molecule has 0 N–H and O–H groups in total. The third kappa shape index (κ3) is 3.20. The van der Waals surface area contributed by atoms with Crippen LogP contribution in [0.5, 0.6) is 0 Å². The topological polar surface area (TPSA) is 68.9 Å². The largest absolute Gasteiger partial charge is 0.339 e. The molecule has 88 valence electrons. The van der Waals surface area contributed by atoms with Crippen LogP contribution in [0.1, 0.15) is 19.2 Å². The summed E-state index contributed by atoms with van der Waals surface area (Å²) < 4.78 is 5.92. The van der Waals surface area contributed by atoms with E-state index in [-0.39, 0.29) is 5.78 Å². The number of hydrogen-bond donors (Lipinski definition) is 0. The van der Waals surface area contributed by atoms with E-state index >= 15 is 0 Å². The van der Waals surface area contributed by atoms with Gasteiger partial charge in [0.05, 0.1) is 0 Å². The molecule has 17 heavy (non-hydrogen) atoms. The molecule has 0 radical (unpaired) electrons. The van der Waals surface area contributed by atoms with Crippen LogP contribution in [0.15, 0.2) is 27.3 Å². The van der Waals surface area contributed by atoms with E-state index in [0.29, 0.717) is 30.3 Å². The Balaban J connectivity index is 2.12. The molecule has 0 unspecified atom stereocenters. The van der Waals surface area contributed by atoms with E-state index in [9.17, 15) is 4.79 Å². The van der Waals surface area contributed by atoms with E-state index in [1.54, 1.807) is 12.3 Å². The summed E-state index contributed by atoms with van der Waals surface area (Å²) in [7, 11) is 0. The van der Waals surface area contributed by atoms with E-state index in [1.807, 2.05) is 6.07 Å². The number of hydrogen-bond acceptors (Lipinski definition) is 5. The summed E-state index contributed by atoms with van der Waals surface area (Å²) >= 11 is 3.30. The molecule has 0 spiro atoms. The van der Waals surface area contributed by atoms with Gasteiger partial charge in [-0.25, -0.2) is 0 Å². The lowest BCUT2D eigenvalue weighted by atomic mass is 10.2. The molecule has 0 aliphatic carbocycles. The number of aryl methyl sites for hydroxylation is 1. The van der Waals surface area contributed by atoms with Gasteiger partial charge in [0.25, 0.3) is 0 Å². The van der Waals surface area contributed by atoms with E-state index in [4.69, 9.17) is 4.52 Å². The lowest BCUT2D eigenvalue weighted by Gasteiger charge is -1.92. The number of carbonyl (C=O) groups excluding carboxylic acids is 1. The highest BCUT2D eigenvalue weighted by Gasteiger charge is 2.10. The van der Waals surface area contributed by atoms with Crippen LogP contribution in [0, 0.1) is 0 Å². The van der Waals surface area contributed by atoms with Gasteiger partial charge in [0, 0.05) is 23.5 Å². The van der Waals surface area contributed by atoms with Crippen molar-refractivity contribution in [3.05, 3.63) is 28.7 Å². The second kappa shape index (κ2) is 5.18. The number of rotatable bonds is 4. The molecule has 0 amide bonds. The Morgan fingerprint density at radius 3 is 2.94 bits per heavy atom. The molecule has 0 fully saturated rings. The summed E-state index contributed by atoms with van der Waals surface area (Å²) in [6, 6.07) is 3.65. The van der Waals surface area contributed by atoms with Crippen molar-refractivity contribution in [2.24, 2.45) is 0 Å². The van der Waals surface area contributed by atoms with Gasteiger partial charge in [-0.15, -0.1) is 0 Å². The van der Waals surface area contributed by atoms with Gasteiger partial charge in [0.1, 0.15) is 11.5 Å². The standard InChI is InChI=1S/C11H10BrN3O2/c1-7(16)2-5-10-14-11(15-17-10)9-4-3-8(12)6-13-9/h3-4,6H,2,5H2,1H3. The summed E-state index contributed by atoms with van der Waals surface area (Å²) in [5.41, 5.74) is 0.644. The number of aromatic nitrogens is 3. The normalized spacial score (nSPS) is 10.5. The monoisotopic (exact) mass is 295 g/mol. The van der Waals surface area contributed by atoms with Gasteiger partial charge in [-0.05, 0) is 35.0 Å². The Morgan fingerprint density at radius 2 is 2.29 bits per heavy atom. The first kappa shape index (κ1) is 11.9. The second-order valence-electron chi connectivity index (χ2n) is 3.58. The van der Waals surface area contributed by atoms with Crippen molar-refractivity contribution in [1.29, 1.82) is 0 Å². The van der Waals surface area contributed by atoms with Crippen molar-refractivity contribution in [2.45, 2.75) is 19.8 Å². The third-order valence-corrected chi connectivity index (χ3v) is 2.58. The van der Waals surface area contributed by atoms with Crippen LogP contribution >= 0.6 is 15.9 Å². The van der Waals surface area contributed by atoms with E-state index in [0.717, 1.165) is 4.47 Å². The smallest absolute Gasteiger partial charge is 0.227 e. The van der Waals surface area contributed by atoms with Gasteiger partial charge in [-0.2, -0.15) is 4.98 Å². The molecule has 5 nitrogen and oxygen atoms in total. The zero-order valence-corrected chi connectivity index (χ0v) is 10.8. The van der Waals surface area contributed by atoms with Crippen molar-refractivity contribution in [3.8, 4) is 11.5 Å². The summed E-state index contributed by atoms with van der Waals surface area (Å²) in [5, 5.41) is 3.82. The molecule has 2 rings (SSSR count). The Bertz CT molecular complexity index is 522. The van der Waals surface area contributed by atoms with E-state index in [1.165, 1.54) is 6.92 Å². The number of carbonyl (C=O) groups is 1. The van der Waals surface area contributed by atoms with Crippen molar-refractivity contribution < 1.29 is 9.32 Å². The molecule has 2 aromatic heterocycles. The Morgan fingerprint density at radius 1 is 1.47 bits per heavy atom. The number of nitrogens with zero attached hydrogens (tertiary/aromatic N) is 3. The van der Waals surface area contributed by atoms with Crippen molar-refractivity contribution in [3.63, 3.8) is 0 Å². The first-order valence-electron chi connectivity index (χ1n) is 5.09. The maximum atomic E-state index is 10.8. The highest BCUT2D eigenvalue weighted by atomic mass is 79.9. The van der Waals surface area contributed by atoms with Crippen LogP contribution in [0.2, 0.25) is 0 Å². The maximum Gasteiger partial charge on any atom is 0.227 e.